The van der Waals surface area contributed by atoms with Crippen LogP contribution in [-0.2, 0) is 14.1 Å². The number of carbonyl (C=O) groups excluding carboxylic acids is 2. The monoisotopic (exact) mass is 537 g/mol. The highest BCUT2D eigenvalue weighted by Gasteiger charge is 2.48. The Morgan fingerprint density at radius 2 is 1.86 bits per heavy atom. The fourth-order valence-corrected chi connectivity index (χ4v) is 6.10. The number of nitrogens with zero attached hydrogens (tertiary/aromatic N) is 2. The lowest BCUT2D eigenvalue weighted by Gasteiger charge is -2.36. The maximum Gasteiger partial charge on any atom is 0.340 e. The van der Waals surface area contributed by atoms with Gasteiger partial charge in [0.1, 0.15) is 17.2 Å². The number of esters is 1. The number of rotatable bonds is 7. The van der Waals surface area contributed by atoms with E-state index in [2.05, 4.69) is 26.1 Å². The van der Waals surface area contributed by atoms with Gasteiger partial charge in [-0.1, -0.05) is 53.1 Å². The van der Waals surface area contributed by atoms with Gasteiger partial charge in [0.25, 0.3) is 5.91 Å². The molecule has 2 unspecified atom stereocenters. The molecular formula is C26H37ClN3O5P. The molecule has 2 aliphatic rings. The van der Waals surface area contributed by atoms with Crippen molar-refractivity contribution in [1.82, 2.24) is 4.90 Å². The van der Waals surface area contributed by atoms with Crippen LogP contribution >= 0.6 is 19.9 Å². The van der Waals surface area contributed by atoms with Gasteiger partial charge >= 0.3 is 5.97 Å². The molecule has 1 aromatic rings. The first kappa shape index (κ1) is 28.4. The Morgan fingerprint density at radius 1 is 1.19 bits per heavy atom. The molecule has 2 heterocycles. The molecule has 1 aromatic carbocycles. The van der Waals surface area contributed by atoms with Gasteiger partial charge in [0.2, 0.25) is 0 Å². The molecular weight excluding hydrogens is 501 g/mol. The number of aliphatic hydroxyl groups excluding tert-OH is 1. The van der Waals surface area contributed by atoms with Crippen molar-refractivity contribution in [2.75, 3.05) is 25.1 Å². The van der Waals surface area contributed by atoms with Crippen LogP contribution in [0.1, 0.15) is 72.2 Å². The van der Waals surface area contributed by atoms with Crippen molar-refractivity contribution in [3.63, 3.8) is 0 Å². The average molecular weight is 538 g/mol. The molecule has 0 saturated carbocycles. The number of aliphatic hydroxyl groups is 1. The van der Waals surface area contributed by atoms with E-state index in [4.69, 9.17) is 25.6 Å². The minimum atomic E-state index is -1.61. The highest BCUT2D eigenvalue weighted by molar-refractivity contribution is 7.60. The van der Waals surface area contributed by atoms with Gasteiger partial charge in [-0.15, -0.1) is 0 Å². The fourth-order valence-electron chi connectivity index (χ4n) is 4.31. The van der Waals surface area contributed by atoms with Crippen molar-refractivity contribution in [2.45, 2.75) is 67.9 Å². The SMILES string of the molecule is CCOC(=O)c1cc(Cl)cc2c1NC(C1=C(O)C(C(C)(C)C)N(CCC(C)(C)C)C1=O)=NP2OCC. The Kier molecular flexibility index (Phi) is 8.43. The van der Waals surface area contributed by atoms with Gasteiger partial charge in [-0.25, -0.2) is 9.56 Å². The van der Waals surface area contributed by atoms with Gasteiger partial charge in [0.05, 0.1) is 35.8 Å². The van der Waals surface area contributed by atoms with Gasteiger partial charge in [0, 0.05) is 11.6 Å². The highest BCUT2D eigenvalue weighted by Crippen LogP contribution is 2.47. The normalized spacial score (nSPS) is 20.3. The van der Waals surface area contributed by atoms with Crippen LogP contribution in [0.3, 0.4) is 0 Å². The molecule has 3 rings (SSSR count). The summed E-state index contributed by atoms with van der Waals surface area (Å²) >= 11 is 6.32. The molecule has 0 aromatic heterocycles. The zero-order valence-corrected chi connectivity index (χ0v) is 24.0. The number of anilines is 1. The van der Waals surface area contributed by atoms with Crippen LogP contribution in [0.4, 0.5) is 5.69 Å². The van der Waals surface area contributed by atoms with Crippen LogP contribution in [-0.4, -0.2) is 53.5 Å². The van der Waals surface area contributed by atoms with E-state index >= 15 is 0 Å². The first-order valence-electron chi connectivity index (χ1n) is 12.2. The van der Waals surface area contributed by atoms with Crippen molar-refractivity contribution in [3.05, 3.63) is 34.1 Å². The topological polar surface area (TPSA) is 100 Å². The number of carbonyl (C=O) groups is 2. The van der Waals surface area contributed by atoms with E-state index < -0.39 is 25.7 Å². The predicted octanol–water partition coefficient (Wildman–Crippen LogP) is 5.82. The van der Waals surface area contributed by atoms with Crippen LogP contribution in [0.15, 0.2) is 28.2 Å². The lowest BCUT2D eigenvalue weighted by Crippen LogP contribution is -2.45. The summed E-state index contributed by atoms with van der Waals surface area (Å²) in [5, 5.41) is 15.5. The summed E-state index contributed by atoms with van der Waals surface area (Å²) < 4.78 is 15.9. The average Bonchev–Trinajstić information content (AvgIpc) is 3.01. The maximum absolute atomic E-state index is 13.8. The minimum Gasteiger partial charge on any atom is -0.509 e. The molecule has 0 bridgehead atoms. The Bertz CT molecular complexity index is 1100. The summed E-state index contributed by atoms with van der Waals surface area (Å²) in [5.74, 6) is -0.699. The first-order valence-corrected chi connectivity index (χ1v) is 13.8. The third-order valence-corrected chi connectivity index (χ3v) is 7.80. The Labute approximate surface area is 220 Å². The third kappa shape index (κ3) is 5.87. The van der Waals surface area contributed by atoms with Gasteiger partial charge in [0.15, 0.2) is 8.30 Å². The van der Waals surface area contributed by atoms with Crippen molar-refractivity contribution in [2.24, 2.45) is 15.6 Å². The molecule has 8 nitrogen and oxygen atoms in total. The van der Waals surface area contributed by atoms with Crippen molar-refractivity contribution in [3.8, 4) is 0 Å². The number of benzene rings is 1. The number of hydrogen-bond donors (Lipinski definition) is 2. The zero-order valence-electron chi connectivity index (χ0n) is 22.4. The van der Waals surface area contributed by atoms with Crippen molar-refractivity contribution >= 4 is 48.6 Å². The maximum atomic E-state index is 13.8. The smallest absolute Gasteiger partial charge is 0.340 e. The predicted molar refractivity (Wildman–Crippen MR) is 145 cm³/mol. The van der Waals surface area contributed by atoms with E-state index in [9.17, 15) is 14.7 Å². The molecule has 0 saturated heterocycles. The summed E-state index contributed by atoms with van der Waals surface area (Å²) in [5.41, 5.74) is 0.349. The van der Waals surface area contributed by atoms with E-state index in [-0.39, 0.29) is 40.7 Å². The molecule has 1 amide bonds. The molecule has 0 aliphatic carbocycles. The molecule has 36 heavy (non-hydrogen) atoms. The van der Waals surface area contributed by atoms with Gasteiger partial charge in [-0.2, -0.15) is 0 Å². The summed E-state index contributed by atoms with van der Waals surface area (Å²) in [6.07, 6.45) is 0.770. The zero-order chi connectivity index (χ0) is 27.0. The van der Waals surface area contributed by atoms with Gasteiger partial charge in [-0.3, -0.25) is 4.79 Å². The van der Waals surface area contributed by atoms with E-state index in [0.717, 1.165) is 6.42 Å². The van der Waals surface area contributed by atoms with E-state index in [1.807, 2.05) is 27.7 Å². The number of hydrogen-bond acceptors (Lipinski definition) is 7. The number of halogens is 1. The molecule has 0 fully saturated rings. The van der Waals surface area contributed by atoms with Crippen LogP contribution < -0.4 is 10.6 Å². The molecule has 0 radical (unpaired) electrons. The third-order valence-electron chi connectivity index (χ3n) is 5.93. The first-order chi connectivity index (χ1) is 16.7. The minimum absolute atomic E-state index is 0.0116. The molecule has 2 N–H and O–H groups in total. The Morgan fingerprint density at radius 3 is 2.42 bits per heavy atom. The standard InChI is InChI=1S/C26H37ClN3O5P/c1-9-34-24(33)16-13-15(27)14-17-19(16)28-22(29-36(17)35-10-2)18-20(31)21(26(6,7)8)30(23(18)32)12-11-25(3,4)5/h13-14,21,31H,9-12H2,1-8H3,(H,28,29). The second-order valence-corrected chi connectivity index (χ2v) is 13.1. The van der Waals surface area contributed by atoms with E-state index in [1.165, 1.54) is 6.07 Å². The van der Waals surface area contributed by atoms with Crippen LogP contribution in [0, 0.1) is 10.8 Å². The summed E-state index contributed by atoms with van der Waals surface area (Å²) in [6.45, 7) is 17.0. The van der Waals surface area contributed by atoms with Crippen LogP contribution in [0.2, 0.25) is 5.02 Å². The Hall–Kier alpha value is -2.15. The van der Waals surface area contributed by atoms with Crippen molar-refractivity contribution in [1.29, 1.82) is 0 Å². The van der Waals surface area contributed by atoms with Gasteiger partial charge < -0.3 is 24.6 Å². The van der Waals surface area contributed by atoms with Gasteiger partial charge in [-0.05, 0) is 43.2 Å². The lowest BCUT2D eigenvalue weighted by molar-refractivity contribution is -0.128. The van der Waals surface area contributed by atoms with Crippen molar-refractivity contribution < 1.29 is 24.0 Å². The second-order valence-electron chi connectivity index (χ2n) is 11.2. The molecule has 2 aliphatic heterocycles. The fraction of sp³-hybridized carbons (Fsp3) is 0.577. The van der Waals surface area contributed by atoms with Crippen LogP contribution in [0.5, 0.6) is 0 Å². The Balaban J connectivity index is 2.12. The molecule has 198 valence electrons. The molecule has 2 atom stereocenters. The number of amides is 1. The summed E-state index contributed by atoms with van der Waals surface area (Å²) in [6, 6.07) is 2.71. The number of fused-ring (bicyclic) bond motifs is 1. The largest absolute Gasteiger partial charge is 0.509 e. The quantitative estimate of drug-likeness (QED) is 0.336. The molecule has 0 spiro atoms. The highest BCUT2D eigenvalue weighted by atomic mass is 35.5. The number of amidine groups is 1. The molecule has 10 heteroatoms. The number of nitrogens with one attached hydrogen (secondary N) is 1. The summed E-state index contributed by atoms with van der Waals surface area (Å²) in [4.78, 5) is 28.3. The summed E-state index contributed by atoms with van der Waals surface area (Å²) in [7, 11) is -1.61. The number of ether oxygens (including phenoxy) is 1. The van der Waals surface area contributed by atoms with E-state index in [0.29, 0.717) is 29.2 Å². The van der Waals surface area contributed by atoms with E-state index in [1.54, 1.807) is 17.9 Å². The van der Waals surface area contributed by atoms with Crippen LogP contribution in [0.25, 0.3) is 0 Å². The lowest BCUT2D eigenvalue weighted by atomic mass is 9.84. The second kappa shape index (κ2) is 10.7.